The summed E-state index contributed by atoms with van der Waals surface area (Å²) in [5.41, 5.74) is -0.392. The van der Waals surface area contributed by atoms with E-state index in [1.807, 2.05) is 0 Å². The Bertz CT molecular complexity index is 449. The van der Waals surface area contributed by atoms with Crippen LogP contribution in [0.3, 0.4) is 0 Å². The maximum absolute atomic E-state index is 12.4. The summed E-state index contributed by atoms with van der Waals surface area (Å²) in [5.74, 6) is -0.333. The van der Waals surface area contributed by atoms with Gasteiger partial charge in [0.25, 0.3) is 0 Å². The predicted octanol–water partition coefficient (Wildman–Crippen LogP) is 3.72. The Hall–Kier alpha value is -1.43. The van der Waals surface area contributed by atoms with Crippen LogP contribution in [0.1, 0.15) is 18.4 Å². The lowest BCUT2D eigenvalue weighted by Gasteiger charge is -2.11. The van der Waals surface area contributed by atoms with Crippen molar-refractivity contribution in [3.8, 4) is 0 Å². The van der Waals surface area contributed by atoms with Gasteiger partial charge < -0.3 is 10.1 Å². The van der Waals surface area contributed by atoms with Gasteiger partial charge in [-0.3, -0.25) is 4.79 Å². The molecule has 0 saturated heterocycles. The fourth-order valence-electron chi connectivity index (χ4n) is 1.39. The highest BCUT2D eigenvalue weighted by atomic mass is 35.5. The quantitative estimate of drug-likeness (QED) is 0.664. The Labute approximate surface area is 113 Å². The van der Waals surface area contributed by atoms with Crippen molar-refractivity contribution in [3.05, 3.63) is 28.8 Å². The minimum absolute atomic E-state index is 0.00658. The van der Waals surface area contributed by atoms with Crippen LogP contribution in [0.15, 0.2) is 18.2 Å². The van der Waals surface area contributed by atoms with E-state index in [9.17, 15) is 18.0 Å². The molecule has 0 heterocycles. The van der Waals surface area contributed by atoms with Crippen molar-refractivity contribution in [1.29, 1.82) is 0 Å². The van der Waals surface area contributed by atoms with Crippen molar-refractivity contribution in [3.63, 3.8) is 0 Å². The molecule has 3 nitrogen and oxygen atoms in total. The third-order valence-electron chi connectivity index (χ3n) is 2.40. The molecule has 0 atom stereocenters. The van der Waals surface area contributed by atoms with Crippen molar-refractivity contribution in [1.82, 2.24) is 0 Å². The van der Waals surface area contributed by atoms with Crippen molar-refractivity contribution in [2.75, 3.05) is 19.0 Å². The van der Waals surface area contributed by atoms with Crippen molar-refractivity contribution in [2.45, 2.75) is 19.0 Å². The molecule has 0 spiro atoms. The van der Waals surface area contributed by atoms with E-state index in [0.29, 0.717) is 18.7 Å². The first-order chi connectivity index (χ1) is 8.84. The molecule has 19 heavy (non-hydrogen) atoms. The third kappa shape index (κ3) is 4.98. The summed E-state index contributed by atoms with van der Waals surface area (Å²) < 4.78 is 41.7. The minimum atomic E-state index is -4.41. The lowest BCUT2D eigenvalue weighted by molar-refractivity contribution is -0.140. The first kappa shape index (κ1) is 15.6. The molecule has 0 unspecified atom stereocenters. The highest BCUT2D eigenvalue weighted by Gasteiger charge is 2.30. The zero-order valence-electron chi connectivity index (χ0n) is 10.2. The SMILES string of the molecule is COC(=O)CCCNc1ccc(C(F)(F)F)cc1Cl. The number of anilines is 1. The Morgan fingerprint density at radius 2 is 2.11 bits per heavy atom. The molecule has 7 heteroatoms. The molecule has 0 saturated carbocycles. The maximum Gasteiger partial charge on any atom is 0.416 e. The third-order valence-corrected chi connectivity index (χ3v) is 2.71. The summed E-state index contributed by atoms with van der Waals surface area (Å²) >= 11 is 5.75. The standard InChI is InChI=1S/C12H13ClF3NO2/c1-19-11(18)3-2-6-17-10-5-4-8(7-9(10)13)12(14,15)16/h4-5,7,17H,2-3,6H2,1H3. The number of nitrogens with one attached hydrogen (secondary N) is 1. The van der Waals surface area contributed by atoms with Crippen molar-refractivity contribution < 1.29 is 22.7 Å². The van der Waals surface area contributed by atoms with Crippen LogP contribution in [-0.2, 0) is 15.7 Å². The molecule has 1 aromatic carbocycles. The normalized spacial score (nSPS) is 11.2. The maximum atomic E-state index is 12.4. The molecule has 1 N–H and O–H groups in total. The van der Waals surface area contributed by atoms with E-state index in [4.69, 9.17) is 11.6 Å². The van der Waals surface area contributed by atoms with E-state index in [2.05, 4.69) is 10.1 Å². The summed E-state index contributed by atoms with van der Waals surface area (Å²) in [6.07, 6.45) is -3.67. The molecule has 0 amide bonds. The molecule has 1 aromatic rings. The van der Waals surface area contributed by atoms with Crippen molar-refractivity contribution >= 4 is 23.3 Å². The number of alkyl halides is 3. The van der Waals surface area contributed by atoms with Gasteiger partial charge in [-0.1, -0.05) is 11.6 Å². The molecule has 1 rings (SSSR count). The lowest BCUT2D eigenvalue weighted by Crippen LogP contribution is -2.08. The first-order valence-electron chi connectivity index (χ1n) is 5.52. The summed E-state index contributed by atoms with van der Waals surface area (Å²) in [7, 11) is 1.29. The van der Waals surface area contributed by atoms with Gasteiger partial charge >= 0.3 is 12.1 Å². The fraction of sp³-hybridized carbons (Fsp3) is 0.417. The zero-order valence-corrected chi connectivity index (χ0v) is 10.9. The number of methoxy groups -OCH3 is 1. The summed E-state index contributed by atoms with van der Waals surface area (Å²) in [4.78, 5) is 10.8. The molecular weight excluding hydrogens is 283 g/mol. The Morgan fingerprint density at radius 3 is 2.63 bits per heavy atom. The van der Waals surface area contributed by atoms with Gasteiger partial charge in [0.05, 0.1) is 23.4 Å². The molecule has 0 aliphatic carbocycles. The van der Waals surface area contributed by atoms with Gasteiger partial charge in [-0.05, 0) is 24.6 Å². The van der Waals surface area contributed by atoms with E-state index in [0.717, 1.165) is 12.1 Å². The predicted molar refractivity (Wildman–Crippen MR) is 66.2 cm³/mol. The van der Waals surface area contributed by atoms with Crippen LogP contribution < -0.4 is 5.32 Å². The molecule has 0 aliphatic rings. The van der Waals surface area contributed by atoms with Crippen LogP contribution in [0.4, 0.5) is 18.9 Å². The number of rotatable bonds is 5. The summed E-state index contributed by atoms with van der Waals surface area (Å²) in [6, 6.07) is 3.09. The van der Waals surface area contributed by atoms with Crippen molar-refractivity contribution in [2.24, 2.45) is 0 Å². The first-order valence-corrected chi connectivity index (χ1v) is 5.90. The number of carbonyl (C=O) groups excluding carboxylic acids is 1. The minimum Gasteiger partial charge on any atom is -0.469 e. The van der Waals surface area contributed by atoms with Gasteiger partial charge in [-0.15, -0.1) is 0 Å². The van der Waals surface area contributed by atoms with Crippen LogP contribution in [-0.4, -0.2) is 19.6 Å². The number of carbonyl (C=O) groups is 1. The number of ether oxygens (including phenoxy) is 1. The molecule has 0 radical (unpaired) electrons. The van der Waals surface area contributed by atoms with Gasteiger partial charge in [0.15, 0.2) is 0 Å². The number of halogens is 4. The highest BCUT2D eigenvalue weighted by molar-refractivity contribution is 6.33. The number of benzene rings is 1. The van der Waals surface area contributed by atoms with Crippen LogP contribution in [0.2, 0.25) is 5.02 Å². The number of hydrogen-bond donors (Lipinski definition) is 1. The Morgan fingerprint density at radius 1 is 1.42 bits per heavy atom. The molecule has 0 aliphatic heterocycles. The van der Waals surface area contributed by atoms with Crippen LogP contribution in [0.5, 0.6) is 0 Å². The topological polar surface area (TPSA) is 38.3 Å². The van der Waals surface area contributed by atoms with Crippen LogP contribution in [0.25, 0.3) is 0 Å². The van der Waals surface area contributed by atoms with E-state index < -0.39 is 11.7 Å². The zero-order chi connectivity index (χ0) is 14.5. The van der Waals surface area contributed by atoms with Gasteiger partial charge in [-0.25, -0.2) is 0 Å². The van der Waals surface area contributed by atoms with Crippen LogP contribution >= 0.6 is 11.6 Å². The largest absolute Gasteiger partial charge is 0.469 e. The van der Waals surface area contributed by atoms with Crippen LogP contribution in [0, 0.1) is 0 Å². The second-order valence-corrected chi connectivity index (χ2v) is 4.21. The van der Waals surface area contributed by atoms with E-state index >= 15 is 0 Å². The second kappa shape index (κ2) is 6.65. The average molecular weight is 296 g/mol. The molecule has 0 fully saturated rings. The summed E-state index contributed by atoms with van der Waals surface area (Å²) in [6.45, 7) is 0.417. The molecule has 0 aromatic heterocycles. The fourth-order valence-corrected chi connectivity index (χ4v) is 1.64. The molecular formula is C12H13ClF3NO2. The smallest absolute Gasteiger partial charge is 0.416 e. The monoisotopic (exact) mass is 295 g/mol. The molecule has 0 bridgehead atoms. The van der Waals surface area contributed by atoms with E-state index in [1.54, 1.807) is 0 Å². The Kier molecular flexibility index (Phi) is 5.47. The van der Waals surface area contributed by atoms with E-state index in [-0.39, 0.29) is 17.4 Å². The second-order valence-electron chi connectivity index (χ2n) is 3.80. The van der Waals surface area contributed by atoms with Gasteiger partial charge in [0.2, 0.25) is 0 Å². The van der Waals surface area contributed by atoms with Gasteiger partial charge in [-0.2, -0.15) is 13.2 Å². The lowest BCUT2D eigenvalue weighted by atomic mass is 10.2. The Balaban J connectivity index is 2.54. The van der Waals surface area contributed by atoms with Gasteiger partial charge in [0.1, 0.15) is 0 Å². The highest BCUT2D eigenvalue weighted by Crippen LogP contribution is 2.33. The van der Waals surface area contributed by atoms with Gasteiger partial charge in [0, 0.05) is 13.0 Å². The summed E-state index contributed by atoms with van der Waals surface area (Å²) in [5, 5.41) is 2.86. The van der Waals surface area contributed by atoms with E-state index in [1.165, 1.54) is 13.2 Å². The number of esters is 1. The molecule has 106 valence electrons. The number of hydrogen-bond acceptors (Lipinski definition) is 3. The average Bonchev–Trinajstić information content (AvgIpc) is 2.34.